The van der Waals surface area contributed by atoms with Crippen LogP contribution in [0.1, 0.15) is 42.1 Å². The number of nitrogens with one attached hydrogen (secondary N) is 2. The van der Waals surface area contributed by atoms with Crippen molar-refractivity contribution < 1.29 is 4.79 Å². The molecule has 2 heterocycles. The van der Waals surface area contributed by atoms with Gasteiger partial charge in [-0.2, -0.15) is 0 Å². The lowest BCUT2D eigenvalue weighted by molar-refractivity contribution is -0.122. The first-order valence-electron chi connectivity index (χ1n) is 6.57. The van der Waals surface area contributed by atoms with Crippen molar-refractivity contribution >= 4 is 42.1 Å². The van der Waals surface area contributed by atoms with E-state index in [2.05, 4.69) is 15.6 Å². The lowest BCUT2D eigenvalue weighted by atomic mass is 10.0. The van der Waals surface area contributed by atoms with E-state index in [4.69, 9.17) is 0 Å². The molecule has 1 aromatic rings. The van der Waals surface area contributed by atoms with E-state index >= 15 is 0 Å². The largest absolute Gasteiger partial charge is 0.347 e. The summed E-state index contributed by atoms with van der Waals surface area (Å²) in [7, 11) is 0. The molecule has 7 heteroatoms. The molecule has 1 saturated heterocycles. The predicted molar refractivity (Wildman–Crippen MR) is 88.1 cm³/mol. The van der Waals surface area contributed by atoms with Crippen LogP contribution in [0.3, 0.4) is 0 Å². The van der Waals surface area contributed by atoms with Gasteiger partial charge in [0.25, 0.3) is 0 Å². The second-order valence-corrected chi connectivity index (χ2v) is 6.26. The molecule has 0 bridgehead atoms. The first-order chi connectivity index (χ1) is 8.65. The summed E-state index contributed by atoms with van der Waals surface area (Å²) in [6, 6.07) is 0.0258. The van der Waals surface area contributed by atoms with Crippen molar-refractivity contribution in [1.29, 1.82) is 0 Å². The quantitative estimate of drug-likeness (QED) is 0.867. The average molecular weight is 340 g/mol. The lowest BCUT2D eigenvalue weighted by Gasteiger charge is -2.12. The van der Waals surface area contributed by atoms with E-state index in [9.17, 15) is 4.79 Å². The van der Waals surface area contributed by atoms with Gasteiger partial charge in [-0.15, -0.1) is 36.2 Å². The summed E-state index contributed by atoms with van der Waals surface area (Å²) >= 11 is 1.65. The molecule has 0 spiro atoms. The summed E-state index contributed by atoms with van der Waals surface area (Å²) in [6.45, 7) is 6.19. The van der Waals surface area contributed by atoms with E-state index < -0.39 is 0 Å². The smallest absolute Gasteiger partial charge is 0.220 e. The second-order valence-electron chi connectivity index (χ2n) is 5.00. The van der Waals surface area contributed by atoms with Crippen LogP contribution in [-0.2, 0) is 4.79 Å². The van der Waals surface area contributed by atoms with Gasteiger partial charge in [-0.25, -0.2) is 4.98 Å². The maximum absolute atomic E-state index is 11.8. The Bertz CT molecular complexity index is 408. The highest BCUT2D eigenvalue weighted by Crippen LogP contribution is 2.19. The number of carbonyl (C=O) groups excluding carboxylic acids is 1. The first kappa shape index (κ1) is 19.6. The molecule has 2 atom stereocenters. The average Bonchev–Trinajstić information content (AvgIpc) is 2.97. The molecule has 2 N–H and O–H groups in total. The predicted octanol–water partition coefficient (Wildman–Crippen LogP) is 2.86. The first-order valence-corrected chi connectivity index (χ1v) is 7.39. The maximum atomic E-state index is 11.8. The normalized spacial score (nSPS) is 18.8. The number of carbonyl (C=O) groups is 1. The summed E-state index contributed by atoms with van der Waals surface area (Å²) in [6.07, 6.45) is 4.67. The number of hydrogen-bond donors (Lipinski definition) is 2. The van der Waals surface area contributed by atoms with E-state index in [1.807, 2.05) is 20.0 Å². The molecule has 1 fully saturated rings. The molecule has 0 aromatic carbocycles. The van der Waals surface area contributed by atoms with Crippen molar-refractivity contribution in [3.63, 3.8) is 0 Å². The number of halogens is 2. The Morgan fingerprint density at radius 1 is 1.60 bits per heavy atom. The lowest BCUT2D eigenvalue weighted by Crippen LogP contribution is -2.27. The van der Waals surface area contributed by atoms with Crippen LogP contribution in [0.4, 0.5) is 0 Å². The van der Waals surface area contributed by atoms with E-state index in [-0.39, 0.29) is 36.8 Å². The summed E-state index contributed by atoms with van der Waals surface area (Å²) in [4.78, 5) is 17.3. The minimum absolute atomic E-state index is 0. The number of amides is 1. The van der Waals surface area contributed by atoms with Gasteiger partial charge in [0.1, 0.15) is 5.01 Å². The summed E-state index contributed by atoms with van der Waals surface area (Å²) in [5, 5.41) is 7.34. The van der Waals surface area contributed by atoms with Gasteiger partial charge in [0.15, 0.2) is 0 Å². The third kappa shape index (κ3) is 5.95. The topological polar surface area (TPSA) is 54.0 Å². The molecule has 1 aliphatic heterocycles. The van der Waals surface area contributed by atoms with Crippen molar-refractivity contribution in [3.8, 4) is 0 Å². The van der Waals surface area contributed by atoms with Gasteiger partial charge >= 0.3 is 0 Å². The van der Waals surface area contributed by atoms with E-state index in [1.54, 1.807) is 11.3 Å². The van der Waals surface area contributed by atoms with Crippen LogP contribution in [0, 0.1) is 12.8 Å². The van der Waals surface area contributed by atoms with Gasteiger partial charge in [0, 0.05) is 17.5 Å². The third-order valence-corrected chi connectivity index (χ3v) is 4.42. The van der Waals surface area contributed by atoms with Crippen molar-refractivity contribution in [3.05, 3.63) is 16.1 Å². The minimum Gasteiger partial charge on any atom is -0.347 e. The van der Waals surface area contributed by atoms with Crippen LogP contribution in [-0.4, -0.2) is 24.0 Å². The zero-order valence-corrected chi connectivity index (χ0v) is 14.3. The monoisotopic (exact) mass is 339 g/mol. The Morgan fingerprint density at radius 3 is 2.90 bits per heavy atom. The molecule has 1 aliphatic rings. The molecule has 0 radical (unpaired) electrons. The standard InChI is InChI=1S/C13H21N3OS.2ClH/c1-9-7-15-13(18-9)10(2)16-12(17)4-3-11-5-6-14-8-11;;/h7,10-11,14H,3-6,8H2,1-2H3,(H,16,17);2*1H. The Morgan fingerprint density at radius 2 is 2.35 bits per heavy atom. The minimum atomic E-state index is 0. The van der Waals surface area contributed by atoms with E-state index in [0.29, 0.717) is 12.3 Å². The Labute approximate surface area is 137 Å². The van der Waals surface area contributed by atoms with Crippen molar-refractivity contribution in [2.45, 2.75) is 39.2 Å². The van der Waals surface area contributed by atoms with Gasteiger partial charge in [-0.1, -0.05) is 0 Å². The van der Waals surface area contributed by atoms with Crippen LogP contribution in [0.2, 0.25) is 0 Å². The van der Waals surface area contributed by atoms with Crippen LogP contribution in [0.5, 0.6) is 0 Å². The molecule has 1 amide bonds. The van der Waals surface area contributed by atoms with E-state index in [0.717, 1.165) is 24.5 Å². The highest BCUT2D eigenvalue weighted by atomic mass is 35.5. The highest BCUT2D eigenvalue weighted by Gasteiger charge is 2.17. The SMILES string of the molecule is Cc1cnc(C(C)NC(=O)CCC2CCNC2)s1.Cl.Cl. The zero-order chi connectivity index (χ0) is 13.0. The number of hydrogen-bond acceptors (Lipinski definition) is 4. The fourth-order valence-electron chi connectivity index (χ4n) is 2.24. The fourth-order valence-corrected chi connectivity index (χ4v) is 3.02. The van der Waals surface area contributed by atoms with E-state index in [1.165, 1.54) is 11.3 Å². The number of aromatic nitrogens is 1. The van der Waals surface area contributed by atoms with Gasteiger partial charge < -0.3 is 10.6 Å². The van der Waals surface area contributed by atoms with Gasteiger partial charge in [0.05, 0.1) is 6.04 Å². The van der Waals surface area contributed by atoms with Gasteiger partial charge in [-0.3, -0.25) is 4.79 Å². The molecule has 20 heavy (non-hydrogen) atoms. The number of thiazole rings is 1. The maximum Gasteiger partial charge on any atom is 0.220 e. The summed E-state index contributed by atoms with van der Waals surface area (Å²) in [5.74, 6) is 0.815. The highest BCUT2D eigenvalue weighted by molar-refractivity contribution is 7.11. The summed E-state index contributed by atoms with van der Waals surface area (Å²) < 4.78 is 0. The number of rotatable bonds is 5. The van der Waals surface area contributed by atoms with Crippen molar-refractivity contribution in [2.75, 3.05) is 13.1 Å². The van der Waals surface area contributed by atoms with Gasteiger partial charge in [-0.05, 0) is 45.7 Å². The van der Waals surface area contributed by atoms with Crippen LogP contribution in [0.15, 0.2) is 6.20 Å². The summed E-state index contributed by atoms with van der Waals surface area (Å²) in [5.41, 5.74) is 0. The fraction of sp³-hybridized carbons (Fsp3) is 0.692. The Hall–Kier alpha value is -0.360. The number of nitrogens with zero attached hydrogens (tertiary/aromatic N) is 1. The molecule has 2 unspecified atom stereocenters. The molecule has 1 aromatic heterocycles. The van der Waals surface area contributed by atoms with Crippen molar-refractivity contribution in [2.24, 2.45) is 5.92 Å². The Balaban J connectivity index is 0.00000180. The molecule has 4 nitrogen and oxygen atoms in total. The van der Waals surface area contributed by atoms with Crippen molar-refractivity contribution in [1.82, 2.24) is 15.6 Å². The van der Waals surface area contributed by atoms with Crippen LogP contribution >= 0.6 is 36.2 Å². The third-order valence-electron chi connectivity index (χ3n) is 3.33. The van der Waals surface area contributed by atoms with Gasteiger partial charge in [0.2, 0.25) is 5.91 Å². The molecule has 0 saturated carbocycles. The molecule has 2 rings (SSSR count). The molecule has 0 aliphatic carbocycles. The second kappa shape index (κ2) is 9.55. The van der Waals surface area contributed by atoms with Crippen LogP contribution < -0.4 is 10.6 Å². The zero-order valence-electron chi connectivity index (χ0n) is 11.8. The number of aryl methyl sites for hydroxylation is 1. The Kier molecular flexibility index (Phi) is 9.38. The molecular formula is C13H23Cl2N3OS. The molecular weight excluding hydrogens is 317 g/mol. The van der Waals surface area contributed by atoms with Crippen LogP contribution in [0.25, 0.3) is 0 Å². The molecule has 116 valence electrons.